The Hall–Kier alpha value is -1.64. The van der Waals surface area contributed by atoms with Crippen molar-refractivity contribution in [2.24, 2.45) is 0 Å². The lowest BCUT2D eigenvalue weighted by atomic mass is 10.1. The lowest BCUT2D eigenvalue weighted by molar-refractivity contribution is -0.0366. The molecule has 5 rings (SSSR count). The summed E-state index contributed by atoms with van der Waals surface area (Å²) in [6, 6.07) is 12.4. The Morgan fingerprint density at radius 2 is 2.00 bits per heavy atom. The van der Waals surface area contributed by atoms with Crippen molar-refractivity contribution in [1.29, 1.82) is 0 Å². The van der Waals surface area contributed by atoms with Gasteiger partial charge in [0.2, 0.25) is 0 Å². The van der Waals surface area contributed by atoms with Crippen LogP contribution in [-0.2, 0) is 4.74 Å². The highest BCUT2D eigenvalue weighted by Gasteiger charge is 2.20. The maximum atomic E-state index is 6.11. The van der Waals surface area contributed by atoms with E-state index in [4.69, 9.17) is 9.47 Å². The van der Waals surface area contributed by atoms with E-state index in [0.29, 0.717) is 0 Å². The fourth-order valence-electron chi connectivity index (χ4n) is 3.45. The lowest BCUT2D eigenvalue weighted by Crippen LogP contribution is -2.18. The molecule has 0 saturated carbocycles. The highest BCUT2D eigenvalue weighted by molar-refractivity contribution is 14.1. The van der Waals surface area contributed by atoms with Crippen LogP contribution in [-0.4, -0.2) is 16.4 Å². The summed E-state index contributed by atoms with van der Waals surface area (Å²) in [5, 5.41) is 9.00. The van der Waals surface area contributed by atoms with Gasteiger partial charge in [-0.2, -0.15) is 5.10 Å². The minimum Gasteiger partial charge on any atom is -0.456 e. The third kappa shape index (κ3) is 2.90. The summed E-state index contributed by atoms with van der Waals surface area (Å²) in [6.07, 6.45) is 5.38. The number of rotatable bonds is 3. The van der Waals surface area contributed by atoms with Crippen molar-refractivity contribution in [3.05, 3.63) is 51.5 Å². The molecule has 1 unspecified atom stereocenters. The number of thiophene rings is 1. The van der Waals surface area contributed by atoms with Crippen LogP contribution in [0.5, 0.6) is 11.5 Å². The molecule has 1 saturated heterocycles. The molecule has 26 heavy (non-hydrogen) atoms. The van der Waals surface area contributed by atoms with Crippen LogP contribution in [0.15, 0.2) is 48.0 Å². The number of benzene rings is 2. The number of hydrogen-bond donors (Lipinski definition) is 0. The van der Waals surface area contributed by atoms with Gasteiger partial charge in [-0.1, -0.05) is 0 Å². The largest absolute Gasteiger partial charge is 0.456 e. The molecule has 2 aromatic carbocycles. The fourth-order valence-corrected chi connectivity index (χ4v) is 4.79. The third-order valence-electron chi connectivity index (χ3n) is 4.75. The summed E-state index contributed by atoms with van der Waals surface area (Å²) >= 11 is 4.00. The Labute approximate surface area is 168 Å². The Balaban J connectivity index is 1.54. The molecule has 0 bridgehead atoms. The van der Waals surface area contributed by atoms with Gasteiger partial charge in [0.25, 0.3) is 0 Å². The zero-order valence-corrected chi connectivity index (χ0v) is 17.0. The van der Waals surface area contributed by atoms with Crippen molar-refractivity contribution in [2.75, 3.05) is 6.61 Å². The smallest absolute Gasteiger partial charge is 0.150 e. The molecule has 0 aliphatic carbocycles. The van der Waals surface area contributed by atoms with Crippen LogP contribution in [0.2, 0.25) is 0 Å². The van der Waals surface area contributed by atoms with Gasteiger partial charge in [-0.05, 0) is 78.3 Å². The maximum absolute atomic E-state index is 6.11. The zero-order valence-electron chi connectivity index (χ0n) is 14.0. The predicted molar refractivity (Wildman–Crippen MR) is 113 cm³/mol. The standard InChI is InChI=1S/C20H17IN2O2S/c21-13-4-6-14(7-5-13)25-18-12-26-20-15(18)8-9-17-16(20)11-22-23(17)19-3-1-2-10-24-19/h4-9,11-12,19H,1-3,10H2. The van der Waals surface area contributed by atoms with E-state index in [1.54, 1.807) is 11.3 Å². The molecule has 0 spiro atoms. The number of halogens is 1. The normalized spacial score (nSPS) is 17.8. The van der Waals surface area contributed by atoms with Gasteiger partial charge in [0.1, 0.15) is 11.5 Å². The van der Waals surface area contributed by atoms with Gasteiger partial charge in [-0.3, -0.25) is 0 Å². The molecule has 1 aliphatic rings. The summed E-state index contributed by atoms with van der Waals surface area (Å²) in [5.74, 6) is 1.76. The Bertz CT molecular complexity index is 1060. The van der Waals surface area contributed by atoms with Gasteiger partial charge in [-0.25, -0.2) is 4.68 Å². The average molecular weight is 476 g/mol. The van der Waals surface area contributed by atoms with E-state index in [9.17, 15) is 0 Å². The van der Waals surface area contributed by atoms with Crippen molar-refractivity contribution in [2.45, 2.75) is 25.5 Å². The molecule has 3 heterocycles. The first-order chi connectivity index (χ1) is 12.8. The molecular weight excluding hydrogens is 459 g/mol. The number of ether oxygens (including phenoxy) is 2. The minimum absolute atomic E-state index is 0.0566. The van der Waals surface area contributed by atoms with Crippen LogP contribution in [0.3, 0.4) is 0 Å². The van der Waals surface area contributed by atoms with Crippen LogP contribution in [0.4, 0.5) is 0 Å². The van der Waals surface area contributed by atoms with Crippen LogP contribution >= 0.6 is 33.9 Å². The van der Waals surface area contributed by atoms with E-state index in [1.165, 1.54) is 20.1 Å². The first-order valence-electron chi connectivity index (χ1n) is 8.72. The second-order valence-electron chi connectivity index (χ2n) is 6.44. The van der Waals surface area contributed by atoms with Gasteiger partial charge >= 0.3 is 0 Å². The molecule has 1 fully saturated rings. The number of fused-ring (bicyclic) bond motifs is 3. The predicted octanol–water partition coefficient (Wildman–Crippen LogP) is 6.35. The van der Waals surface area contributed by atoms with E-state index >= 15 is 0 Å². The molecule has 0 N–H and O–H groups in total. The van der Waals surface area contributed by atoms with E-state index in [0.717, 1.165) is 41.9 Å². The topological polar surface area (TPSA) is 36.3 Å². The van der Waals surface area contributed by atoms with E-state index < -0.39 is 0 Å². The molecule has 132 valence electrons. The van der Waals surface area contributed by atoms with Crippen LogP contribution in [0.25, 0.3) is 21.0 Å². The molecule has 1 aliphatic heterocycles. The number of aromatic nitrogens is 2. The van der Waals surface area contributed by atoms with Crippen LogP contribution in [0, 0.1) is 3.57 Å². The second-order valence-corrected chi connectivity index (χ2v) is 8.57. The van der Waals surface area contributed by atoms with Crippen molar-refractivity contribution in [3.8, 4) is 11.5 Å². The van der Waals surface area contributed by atoms with Crippen molar-refractivity contribution in [1.82, 2.24) is 9.78 Å². The zero-order chi connectivity index (χ0) is 17.5. The fraction of sp³-hybridized carbons (Fsp3) is 0.250. The van der Waals surface area contributed by atoms with E-state index in [1.807, 2.05) is 23.0 Å². The summed E-state index contributed by atoms with van der Waals surface area (Å²) in [4.78, 5) is 0. The second kappa shape index (κ2) is 6.83. The van der Waals surface area contributed by atoms with Crippen LogP contribution in [0.1, 0.15) is 25.5 Å². The lowest BCUT2D eigenvalue weighted by Gasteiger charge is -2.23. The minimum atomic E-state index is 0.0566. The summed E-state index contributed by atoms with van der Waals surface area (Å²) in [6.45, 7) is 0.821. The first kappa shape index (κ1) is 16.5. The van der Waals surface area contributed by atoms with E-state index in [2.05, 4.69) is 57.3 Å². The van der Waals surface area contributed by atoms with Gasteiger partial charge in [-0.15, -0.1) is 11.3 Å². The Kier molecular flexibility index (Phi) is 4.34. The van der Waals surface area contributed by atoms with Gasteiger partial charge in [0.15, 0.2) is 6.23 Å². The SMILES string of the molecule is Ic1ccc(Oc2csc3c2ccc2c3cnn2C2CCCCO2)cc1. The molecule has 0 radical (unpaired) electrons. The third-order valence-corrected chi connectivity index (χ3v) is 6.48. The molecule has 6 heteroatoms. The van der Waals surface area contributed by atoms with Crippen molar-refractivity contribution < 1.29 is 9.47 Å². The highest BCUT2D eigenvalue weighted by atomic mass is 127. The summed E-state index contributed by atoms with van der Waals surface area (Å²) < 4.78 is 16.5. The average Bonchev–Trinajstić information content (AvgIpc) is 3.28. The van der Waals surface area contributed by atoms with E-state index in [-0.39, 0.29) is 6.23 Å². The summed E-state index contributed by atoms with van der Waals surface area (Å²) in [5.41, 5.74) is 1.13. The molecule has 4 aromatic rings. The number of nitrogens with zero attached hydrogens (tertiary/aromatic N) is 2. The van der Waals surface area contributed by atoms with Gasteiger partial charge in [0, 0.05) is 31.0 Å². The maximum Gasteiger partial charge on any atom is 0.150 e. The first-order valence-corrected chi connectivity index (χ1v) is 10.7. The van der Waals surface area contributed by atoms with Gasteiger partial charge in [0.05, 0.1) is 11.7 Å². The van der Waals surface area contributed by atoms with Gasteiger partial charge < -0.3 is 9.47 Å². The molecule has 1 atom stereocenters. The summed E-state index contributed by atoms with van der Waals surface area (Å²) in [7, 11) is 0. The molecular formula is C20H17IN2O2S. The monoisotopic (exact) mass is 476 g/mol. The molecule has 2 aromatic heterocycles. The van der Waals surface area contributed by atoms with Crippen LogP contribution < -0.4 is 4.74 Å². The molecule has 4 nitrogen and oxygen atoms in total. The van der Waals surface area contributed by atoms with Crippen molar-refractivity contribution in [3.63, 3.8) is 0 Å². The number of hydrogen-bond acceptors (Lipinski definition) is 4. The molecule has 0 amide bonds. The van der Waals surface area contributed by atoms with Crippen molar-refractivity contribution >= 4 is 54.9 Å². The Morgan fingerprint density at radius 1 is 1.12 bits per heavy atom. The quantitative estimate of drug-likeness (QED) is 0.324. The Morgan fingerprint density at radius 3 is 2.81 bits per heavy atom. The highest BCUT2D eigenvalue weighted by Crippen LogP contribution is 2.40.